The smallest absolute Gasteiger partial charge is 0.232 e. The van der Waals surface area contributed by atoms with Crippen LogP contribution in [0.4, 0.5) is 0 Å². The Hall–Kier alpha value is -2.95. The Morgan fingerprint density at radius 1 is 1.11 bits per heavy atom. The number of likely N-dealkylation sites (tertiary alicyclic amines) is 1. The van der Waals surface area contributed by atoms with E-state index in [9.17, 15) is 4.79 Å². The van der Waals surface area contributed by atoms with Gasteiger partial charge in [0.25, 0.3) is 0 Å². The van der Waals surface area contributed by atoms with Crippen LogP contribution in [0.3, 0.4) is 0 Å². The molecule has 138 valence electrons. The number of aryl methyl sites for hydroxylation is 2. The van der Waals surface area contributed by atoms with Gasteiger partial charge in [-0.05, 0) is 31.9 Å². The highest BCUT2D eigenvalue weighted by Crippen LogP contribution is 2.29. The molecule has 1 saturated heterocycles. The second-order valence-electron chi connectivity index (χ2n) is 7.31. The van der Waals surface area contributed by atoms with Gasteiger partial charge in [0, 0.05) is 25.1 Å². The molecule has 5 heteroatoms. The summed E-state index contributed by atoms with van der Waals surface area (Å²) in [4.78, 5) is 18.9. The number of hydrogen-bond acceptors (Lipinski definition) is 4. The quantitative estimate of drug-likeness (QED) is 0.691. The third-order valence-electron chi connectivity index (χ3n) is 5.03. The fraction of sp³-hybridized carbons (Fsp3) is 0.318. The average molecular weight is 361 g/mol. The van der Waals surface area contributed by atoms with Crippen LogP contribution in [0.2, 0.25) is 0 Å². The summed E-state index contributed by atoms with van der Waals surface area (Å²) in [6.45, 7) is 5.48. The van der Waals surface area contributed by atoms with Crippen LogP contribution < -0.4 is 0 Å². The van der Waals surface area contributed by atoms with E-state index in [0.29, 0.717) is 24.7 Å². The SMILES string of the molecule is Cc1cccc(CCN2CC(c3nc(-c4cccc(C)c4)no3)CC2=O)c1. The Morgan fingerprint density at radius 3 is 2.67 bits per heavy atom. The number of rotatable bonds is 5. The highest BCUT2D eigenvalue weighted by molar-refractivity contribution is 5.79. The summed E-state index contributed by atoms with van der Waals surface area (Å²) in [5, 5.41) is 4.11. The van der Waals surface area contributed by atoms with E-state index in [2.05, 4.69) is 41.3 Å². The third kappa shape index (κ3) is 3.92. The molecule has 2 aromatic carbocycles. The van der Waals surface area contributed by atoms with Crippen molar-refractivity contribution in [3.8, 4) is 11.4 Å². The molecule has 1 amide bonds. The van der Waals surface area contributed by atoms with E-state index in [1.165, 1.54) is 11.1 Å². The van der Waals surface area contributed by atoms with Crippen molar-refractivity contribution in [2.45, 2.75) is 32.6 Å². The van der Waals surface area contributed by atoms with E-state index in [0.717, 1.165) is 24.1 Å². The van der Waals surface area contributed by atoms with Crippen LogP contribution in [0.15, 0.2) is 53.1 Å². The van der Waals surface area contributed by atoms with Crippen LogP contribution in [0.25, 0.3) is 11.4 Å². The van der Waals surface area contributed by atoms with Gasteiger partial charge in [-0.25, -0.2) is 0 Å². The fourth-order valence-corrected chi connectivity index (χ4v) is 3.59. The average Bonchev–Trinajstić information content (AvgIpc) is 3.27. The highest BCUT2D eigenvalue weighted by Gasteiger charge is 2.34. The van der Waals surface area contributed by atoms with Gasteiger partial charge in [0.15, 0.2) is 0 Å². The lowest BCUT2D eigenvalue weighted by Gasteiger charge is -2.16. The largest absolute Gasteiger partial charge is 0.342 e. The van der Waals surface area contributed by atoms with Crippen LogP contribution in [0.1, 0.15) is 34.9 Å². The normalized spacial score (nSPS) is 16.9. The van der Waals surface area contributed by atoms with Crippen molar-refractivity contribution >= 4 is 5.91 Å². The van der Waals surface area contributed by atoms with E-state index in [-0.39, 0.29) is 11.8 Å². The van der Waals surface area contributed by atoms with E-state index < -0.39 is 0 Å². The molecule has 0 spiro atoms. The van der Waals surface area contributed by atoms with Crippen molar-refractivity contribution in [1.82, 2.24) is 15.0 Å². The van der Waals surface area contributed by atoms with E-state index in [1.807, 2.05) is 36.1 Å². The van der Waals surface area contributed by atoms with Gasteiger partial charge < -0.3 is 9.42 Å². The van der Waals surface area contributed by atoms with Gasteiger partial charge in [-0.3, -0.25) is 4.79 Å². The Kier molecular flexibility index (Phi) is 4.75. The maximum atomic E-state index is 12.4. The van der Waals surface area contributed by atoms with Crippen molar-refractivity contribution in [2.24, 2.45) is 0 Å². The first-order valence-corrected chi connectivity index (χ1v) is 9.32. The van der Waals surface area contributed by atoms with Crippen LogP contribution in [0.5, 0.6) is 0 Å². The molecular weight excluding hydrogens is 338 g/mol. The maximum Gasteiger partial charge on any atom is 0.232 e. The van der Waals surface area contributed by atoms with Crippen molar-refractivity contribution in [2.75, 3.05) is 13.1 Å². The predicted octanol–water partition coefficient (Wildman–Crippen LogP) is 3.91. The maximum absolute atomic E-state index is 12.4. The standard InChI is InChI=1S/C22H23N3O2/c1-15-5-3-7-17(11-15)9-10-25-14-19(13-20(25)26)22-23-21(24-27-22)18-8-4-6-16(2)12-18/h3-8,11-12,19H,9-10,13-14H2,1-2H3. The molecule has 0 N–H and O–H groups in total. The molecule has 1 aliphatic rings. The number of benzene rings is 2. The second-order valence-corrected chi connectivity index (χ2v) is 7.31. The molecule has 27 heavy (non-hydrogen) atoms. The van der Waals surface area contributed by atoms with E-state index in [1.54, 1.807) is 0 Å². The second kappa shape index (κ2) is 7.35. The van der Waals surface area contributed by atoms with Gasteiger partial charge in [-0.15, -0.1) is 0 Å². The molecule has 0 saturated carbocycles. The molecule has 1 fully saturated rings. The summed E-state index contributed by atoms with van der Waals surface area (Å²) in [5.74, 6) is 1.27. The van der Waals surface area contributed by atoms with Crippen LogP contribution in [-0.2, 0) is 11.2 Å². The van der Waals surface area contributed by atoms with Crippen molar-refractivity contribution in [3.63, 3.8) is 0 Å². The number of amides is 1. The zero-order valence-electron chi connectivity index (χ0n) is 15.7. The van der Waals surface area contributed by atoms with Gasteiger partial charge in [-0.2, -0.15) is 4.98 Å². The number of nitrogens with zero attached hydrogens (tertiary/aromatic N) is 3. The minimum Gasteiger partial charge on any atom is -0.342 e. The molecule has 0 aliphatic carbocycles. The molecule has 1 unspecified atom stereocenters. The highest BCUT2D eigenvalue weighted by atomic mass is 16.5. The summed E-state index contributed by atoms with van der Waals surface area (Å²) in [6.07, 6.45) is 1.29. The van der Waals surface area contributed by atoms with Crippen molar-refractivity contribution in [3.05, 3.63) is 71.1 Å². The molecule has 1 aromatic heterocycles. The first kappa shape index (κ1) is 17.5. The van der Waals surface area contributed by atoms with Gasteiger partial charge in [0.1, 0.15) is 0 Å². The summed E-state index contributed by atoms with van der Waals surface area (Å²) in [5.41, 5.74) is 4.58. The molecule has 1 atom stereocenters. The zero-order chi connectivity index (χ0) is 18.8. The Bertz CT molecular complexity index is 963. The lowest BCUT2D eigenvalue weighted by molar-refractivity contribution is -0.127. The van der Waals surface area contributed by atoms with Crippen molar-refractivity contribution < 1.29 is 9.32 Å². The van der Waals surface area contributed by atoms with Crippen LogP contribution >= 0.6 is 0 Å². The molecule has 0 bridgehead atoms. The van der Waals surface area contributed by atoms with E-state index >= 15 is 0 Å². The molecule has 2 heterocycles. The van der Waals surface area contributed by atoms with Crippen molar-refractivity contribution in [1.29, 1.82) is 0 Å². The lowest BCUT2D eigenvalue weighted by atomic mass is 10.1. The lowest BCUT2D eigenvalue weighted by Crippen LogP contribution is -2.27. The Morgan fingerprint density at radius 2 is 1.89 bits per heavy atom. The Balaban J connectivity index is 1.42. The van der Waals surface area contributed by atoms with E-state index in [4.69, 9.17) is 4.52 Å². The van der Waals surface area contributed by atoms with Gasteiger partial charge in [0.05, 0.1) is 5.92 Å². The number of carbonyl (C=O) groups excluding carboxylic acids is 1. The predicted molar refractivity (Wildman–Crippen MR) is 103 cm³/mol. The first-order chi connectivity index (χ1) is 13.1. The summed E-state index contributed by atoms with van der Waals surface area (Å²) in [6, 6.07) is 16.4. The van der Waals surface area contributed by atoms with Crippen LogP contribution in [-0.4, -0.2) is 34.0 Å². The molecule has 0 radical (unpaired) electrons. The topological polar surface area (TPSA) is 59.2 Å². The number of aromatic nitrogens is 2. The summed E-state index contributed by atoms with van der Waals surface area (Å²) < 4.78 is 5.48. The third-order valence-corrected chi connectivity index (χ3v) is 5.03. The molecule has 3 aromatic rings. The molecule has 5 nitrogen and oxygen atoms in total. The van der Waals surface area contributed by atoms with Gasteiger partial charge in [-0.1, -0.05) is 58.7 Å². The Labute approximate surface area is 159 Å². The van der Waals surface area contributed by atoms with Gasteiger partial charge >= 0.3 is 0 Å². The zero-order valence-corrected chi connectivity index (χ0v) is 15.7. The minimum atomic E-state index is -0.0268. The molecule has 1 aliphatic heterocycles. The number of hydrogen-bond donors (Lipinski definition) is 0. The first-order valence-electron chi connectivity index (χ1n) is 9.32. The molecular formula is C22H23N3O2. The monoisotopic (exact) mass is 361 g/mol. The fourth-order valence-electron chi connectivity index (χ4n) is 3.59. The minimum absolute atomic E-state index is 0.0268. The summed E-state index contributed by atoms with van der Waals surface area (Å²) in [7, 11) is 0. The van der Waals surface area contributed by atoms with Gasteiger partial charge in [0.2, 0.25) is 17.6 Å². The number of carbonyl (C=O) groups is 1. The molecule has 4 rings (SSSR count). The summed E-state index contributed by atoms with van der Waals surface area (Å²) >= 11 is 0. The van der Waals surface area contributed by atoms with Crippen LogP contribution in [0, 0.1) is 13.8 Å².